The predicted molar refractivity (Wildman–Crippen MR) is 137 cm³/mol. The fourth-order valence-electron chi connectivity index (χ4n) is 5.56. The zero-order valence-corrected chi connectivity index (χ0v) is 21.0. The Hall–Kier alpha value is -2.65. The summed E-state index contributed by atoms with van der Waals surface area (Å²) >= 11 is 1.90. The first-order chi connectivity index (χ1) is 17.5. The lowest BCUT2D eigenvalue weighted by atomic mass is 9.96. The summed E-state index contributed by atoms with van der Waals surface area (Å²) in [6.45, 7) is 2.66. The Morgan fingerprint density at radius 2 is 1.53 bits per heavy atom. The van der Waals surface area contributed by atoms with Gasteiger partial charge in [0.1, 0.15) is 11.6 Å². The molecule has 3 unspecified atom stereocenters. The van der Waals surface area contributed by atoms with E-state index in [9.17, 15) is 18.4 Å². The lowest BCUT2D eigenvalue weighted by Gasteiger charge is -2.40. The number of carbonyl (C=O) groups is 2. The summed E-state index contributed by atoms with van der Waals surface area (Å²) in [6.07, 6.45) is 3.36. The Labute approximate surface area is 214 Å². The average molecular weight is 515 g/mol. The number of piperazine rings is 1. The number of rotatable bonds is 8. The number of benzene rings is 2. The normalized spacial score (nSPS) is 24.0. The molecule has 6 nitrogen and oxygen atoms in total. The number of urea groups is 1. The van der Waals surface area contributed by atoms with Gasteiger partial charge in [-0.15, -0.1) is 0 Å². The minimum atomic E-state index is -0.289. The lowest BCUT2D eigenvalue weighted by Crippen LogP contribution is -2.49. The van der Waals surface area contributed by atoms with Gasteiger partial charge in [-0.3, -0.25) is 9.69 Å². The van der Waals surface area contributed by atoms with Crippen molar-refractivity contribution in [2.24, 2.45) is 0 Å². The smallest absolute Gasteiger partial charge is 0.315 e. The van der Waals surface area contributed by atoms with Gasteiger partial charge in [-0.25, -0.2) is 13.6 Å². The highest BCUT2D eigenvalue weighted by atomic mass is 32.2. The summed E-state index contributed by atoms with van der Waals surface area (Å²) < 4.78 is 27.1. The quantitative estimate of drug-likeness (QED) is 0.414. The van der Waals surface area contributed by atoms with Gasteiger partial charge < -0.3 is 15.5 Å². The van der Waals surface area contributed by atoms with Crippen LogP contribution in [0.2, 0.25) is 0 Å². The molecule has 36 heavy (non-hydrogen) atoms. The molecule has 3 aliphatic heterocycles. The van der Waals surface area contributed by atoms with Gasteiger partial charge >= 0.3 is 6.03 Å². The van der Waals surface area contributed by atoms with Gasteiger partial charge in [0, 0.05) is 43.6 Å². The summed E-state index contributed by atoms with van der Waals surface area (Å²) in [5.41, 5.74) is 1.90. The van der Waals surface area contributed by atoms with Crippen LogP contribution in [0.3, 0.4) is 0 Å². The van der Waals surface area contributed by atoms with Crippen molar-refractivity contribution in [2.75, 3.05) is 31.9 Å². The number of thioether (sulfide) groups is 1. The molecule has 0 saturated carbocycles. The molecule has 5 rings (SSSR count). The summed E-state index contributed by atoms with van der Waals surface area (Å²) in [7, 11) is 0. The molecule has 0 radical (unpaired) electrons. The number of amides is 3. The molecule has 3 amide bonds. The average Bonchev–Trinajstić information content (AvgIpc) is 3.44. The SMILES string of the molecule is O=C1NC2CSC(CCCCC(=O)N3CCN(C(c4ccc(F)cc4)c4ccc(F)cc4)CC3)C2N1. The van der Waals surface area contributed by atoms with Crippen molar-refractivity contribution in [1.82, 2.24) is 20.4 Å². The highest BCUT2D eigenvalue weighted by Gasteiger charge is 2.42. The largest absolute Gasteiger partial charge is 0.340 e. The maximum absolute atomic E-state index is 13.5. The van der Waals surface area contributed by atoms with Crippen molar-refractivity contribution in [2.45, 2.75) is 49.1 Å². The molecule has 2 N–H and O–H groups in total. The molecule has 0 spiro atoms. The Bertz CT molecular complexity index is 1010. The Morgan fingerprint density at radius 3 is 2.14 bits per heavy atom. The van der Waals surface area contributed by atoms with Crippen molar-refractivity contribution in [3.8, 4) is 0 Å². The Kier molecular flexibility index (Phi) is 7.76. The molecule has 9 heteroatoms. The van der Waals surface area contributed by atoms with Crippen LogP contribution in [0, 0.1) is 11.6 Å². The Balaban J connectivity index is 1.12. The second kappa shape index (κ2) is 11.2. The van der Waals surface area contributed by atoms with Crippen LogP contribution < -0.4 is 10.6 Å². The summed E-state index contributed by atoms with van der Waals surface area (Å²) in [5, 5.41) is 6.41. The van der Waals surface area contributed by atoms with E-state index in [2.05, 4.69) is 15.5 Å². The molecule has 3 aliphatic rings. The second-order valence-electron chi connectivity index (χ2n) is 9.79. The molecule has 2 aromatic carbocycles. The molecule has 3 fully saturated rings. The van der Waals surface area contributed by atoms with Crippen LogP contribution in [-0.4, -0.2) is 71.0 Å². The third kappa shape index (κ3) is 5.67. The van der Waals surface area contributed by atoms with Crippen molar-refractivity contribution in [3.05, 3.63) is 71.3 Å². The summed E-state index contributed by atoms with van der Waals surface area (Å²) in [6, 6.07) is 13.2. The maximum Gasteiger partial charge on any atom is 0.315 e. The van der Waals surface area contributed by atoms with Crippen LogP contribution in [0.25, 0.3) is 0 Å². The number of unbranched alkanes of at least 4 members (excludes halogenated alkanes) is 1. The molecule has 3 saturated heterocycles. The predicted octanol–water partition coefficient (Wildman–Crippen LogP) is 3.92. The van der Waals surface area contributed by atoms with E-state index in [4.69, 9.17) is 0 Å². The first-order valence-corrected chi connectivity index (χ1v) is 13.7. The van der Waals surface area contributed by atoms with Gasteiger partial charge in [0.2, 0.25) is 5.91 Å². The van der Waals surface area contributed by atoms with Crippen LogP contribution in [0.5, 0.6) is 0 Å². The molecule has 192 valence electrons. The van der Waals surface area contributed by atoms with Crippen LogP contribution in [0.15, 0.2) is 48.5 Å². The molecular formula is C27H32F2N4O2S. The number of fused-ring (bicyclic) bond motifs is 1. The fourth-order valence-corrected chi connectivity index (χ4v) is 7.10. The van der Waals surface area contributed by atoms with Gasteiger partial charge in [-0.05, 0) is 48.2 Å². The van der Waals surface area contributed by atoms with Crippen LogP contribution in [0.1, 0.15) is 42.9 Å². The van der Waals surface area contributed by atoms with E-state index < -0.39 is 0 Å². The van der Waals surface area contributed by atoms with E-state index in [0.29, 0.717) is 37.8 Å². The van der Waals surface area contributed by atoms with Crippen molar-refractivity contribution < 1.29 is 18.4 Å². The summed E-state index contributed by atoms with van der Waals surface area (Å²) in [4.78, 5) is 28.6. The van der Waals surface area contributed by atoms with E-state index in [0.717, 1.165) is 36.1 Å². The van der Waals surface area contributed by atoms with E-state index in [1.165, 1.54) is 24.3 Å². The number of hydrogen-bond donors (Lipinski definition) is 2. The van der Waals surface area contributed by atoms with E-state index >= 15 is 0 Å². The highest BCUT2D eigenvalue weighted by molar-refractivity contribution is 8.00. The molecular weight excluding hydrogens is 482 g/mol. The second-order valence-corrected chi connectivity index (χ2v) is 11.1. The Morgan fingerprint density at radius 1 is 0.917 bits per heavy atom. The highest BCUT2D eigenvalue weighted by Crippen LogP contribution is 2.33. The zero-order valence-electron chi connectivity index (χ0n) is 20.2. The summed E-state index contributed by atoms with van der Waals surface area (Å²) in [5.74, 6) is 0.558. The van der Waals surface area contributed by atoms with E-state index in [1.54, 1.807) is 24.3 Å². The van der Waals surface area contributed by atoms with E-state index in [-0.39, 0.29) is 41.7 Å². The first kappa shape index (κ1) is 25.0. The standard InChI is InChI=1S/C27H32F2N4O2S/c28-20-9-5-18(6-10-20)26(19-7-11-21(29)12-8-19)33-15-13-32(14-16-33)24(34)4-2-1-3-23-25-22(17-36-23)30-27(35)31-25/h5-12,22-23,25-26H,1-4,13-17H2,(H2,30,31,35). The third-order valence-electron chi connectivity index (χ3n) is 7.47. The monoisotopic (exact) mass is 514 g/mol. The fraction of sp³-hybridized carbons (Fsp3) is 0.481. The maximum atomic E-state index is 13.5. The number of nitrogens with one attached hydrogen (secondary N) is 2. The van der Waals surface area contributed by atoms with Crippen LogP contribution in [-0.2, 0) is 4.79 Å². The van der Waals surface area contributed by atoms with Crippen molar-refractivity contribution in [3.63, 3.8) is 0 Å². The van der Waals surface area contributed by atoms with Crippen molar-refractivity contribution >= 4 is 23.7 Å². The molecule has 3 atom stereocenters. The molecule has 0 bridgehead atoms. The zero-order chi connectivity index (χ0) is 25.1. The van der Waals surface area contributed by atoms with Gasteiger partial charge in [-0.2, -0.15) is 11.8 Å². The number of halogens is 2. The van der Waals surface area contributed by atoms with Crippen LogP contribution in [0.4, 0.5) is 13.6 Å². The molecule has 0 aliphatic carbocycles. The minimum absolute atomic E-state index is 0.0642. The van der Waals surface area contributed by atoms with Crippen molar-refractivity contribution in [1.29, 1.82) is 0 Å². The van der Waals surface area contributed by atoms with Gasteiger partial charge in [0.05, 0.1) is 18.1 Å². The number of carbonyl (C=O) groups excluding carboxylic acids is 2. The third-order valence-corrected chi connectivity index (χ3v) is 8.98. The minimum Gasteiger partial charge on any atom is -0.340 e. The van der Waals surface area contributed by atoms with Gasteiger partial charge in [0.15, 0.2) is 0 Å². The first-order valence-electron chi connectivity index (χ1n) is 12.7. The molecule has 0 aromatic heterocycles. The van der Waals surface area contributed by atoms with Gasteiger partial charge in [0.25, 0.3) is 0 Å². The van der Waals surface area contributed by atoms with Crippen LogP contribution >= 0.6 is 11.8 Å². The van der Waals surface area contributed by atoms with E-state index in [1.807, 2.05) is 16.7 Å². The number of hydrogen-bond acceptors (Lipinski definition) is 4. The number of nitrogens with zero attached hydrogens (tertiary/aromatic N) is 2. The topological polar surface area (TPSA) is 64.7 Å². The van der Waals surface area contributed by atoms with Gasteiger partial charge in [-0.1, -0.05) is 30.7 Å². The lowest BCUT2D eigenvalue weighted by molar-refractivity contribution is -0.133. The molecule has 2 aromatic rings. The molecule has 3 heterocycles.